The Morgan fingerprint density at radius 2 is 1.65 bits per heavy atom. The Kier molecular flexibility index (Phi) is 3.35. The number of hydrogen-bond donors (Lipinski definition) is 1. The topological polar surface area (TPSA) is 54.2 Å². The lowest BCUT2D eigenvalue weighted by Gasteiger charge is -1.99. The molecule has 17 heavy (non-hydrogen) atoms. The number of para-hydroxylation sites is 1. The third-order valence-corrected chi connectivity index (χ3v) is 2.23. The SMILES string of the molecule is COc1ccc(N=Nc2ccccc2O)cc1. The average Bonchev–Trinajstić information content (AvgIpc) is 2.38. The molecule has 2 aromatic rings. The molecular formula is C13H12N2O2. The Morgan fingerprint density at radius 3 is 2.29 bits per heavy atom. The van der Waals surface area contributed by atoms with Crippen LogP contribution in [0.15, 0.2) is 58.8 Å². The highest BCUT2D eigenvalue weighted by Crippen LogP contribution is 2.27. The van der Waals surface area contributed by atoms with Crippen molar-refractivity contribution in [3.8, 4) is 11.5 Å². The van der Waals surface area contributed by atoms with Crippen molar-refractivity contribution < 1.29 is 9.84 Å². The van der Waals surface area contributed by atoms with Crippen LogP contribution in [0.25, 0.3) is 0 Å². The van der Waals surface area contributed by atoms with E-state index in [1.165, 1.54) is 0 Å². The molecule has 86 valence electrons. The summed E-state index contributed by atoms with van der Waals surface area (Å²) in [6.07, 6.45) is 0. The molecule has 0 saturated heterocycles. The van der Waals surface area contributed by atoms with E-state index < -0.39 is 0 Å². The first kappa shape index (κ1) is 11.1. The fraction of sp³-hybridized carbons (Fsp3) is 0.0769. The van der Waals surface area contributed by atoms with Crippen LogP contribution in [0, 0.1) is 0 Å². The quantitative estimate of drug-likeness (QED) is 0.812. The molecule has 0 radical (unpaired) electrons. The number of nitrogens with zero attached hydrogens (tertiary/aromatic N) is 2. The first-order valence-electron chi connectivity index (χ1n) is 5.13. The van der Waals surface area contributed by atoms with Gasteiger partial charge < -0.3 is 9.84 Å². The minimum absolute atomic E-state index is 0.116. The van der Waals surface area contributed by atoms with Crippen LogP contribution >= 0.6 is 0 Å². The Balaban J connectivity index is 2.17. The molecular weight excluding hydrogens is 216 g/mol. The molecule has 0 atom stereocenters. The van der Waals surface area contributed by atoms with E-state index >= 15 is 0 Å². The van der Waals surface area contributed by atoms with E-state index in [9.17, 15) is 5.11 Å². The van der Waals surface area contributed by atoms with Crippen LogP contribution in [0.5, 0.6) is 11.5 Å². The molecule has 0 amide bonds. The van der Waals surface area contributed by atoms with E-state index in [1.807, 2.05) is 0 Å². The summed E-state index contributed by atoms with van der Waals surface area (Å²) in [6, 6.07) is 14.0. The maximum absolute atomic E-state index is 9.50. The van der Waals surface area contributed by atoms with Gasteiger partial charge in [0.2, 0.25) is 0 Å². The molecule has 0 bridgehead atoms. The van der Waals surface area contributed by atoms with E-state index in [0.717, 1.165) is 5.75 Å². The van der Waals surface area contributed by atoms with Crippen molar-refractivity contribution in [2.24, 2.45) is 10.2 Å². The Hall–Kier alpha value is -2.36. The number of ether oxygens (including phenoxy) is 1. The van der Waals surface area contributed by atoms with Gasteiger partial charge in [0, 0.05) is 0 Å². The minimum Gasteiger partial charge on any atom is -0.506 e. The van der Waals surface area contributed by atoms with Crippen molar-refractivity contribution in [2.75, 3.05) is 7.11 Å². The van der Waals surface area contributed by atoms with Crippen LogP contribution < -0.4 is 4.74 Å². The van der Waals surface area contributed by atoms with Gasteiger partial charge >= 0.3 is 0 Å². The molecule has 4 nitrogen and oxygen atoms in total. The van der Waals surface area contributed by atoms with Gasteiger partial charge in [-0.1, -0.05) is 12.1 Å². The molecule has 0 unspecified atom stereocenters. The van der Waals surface area contributed by atoms with E-state index in [4.69, 9.17) is 4.74 Å². The number of benzene rings is 2. The number of phenolic OH excluding ortho intramolecular Hbond substituents is 1. The largest absolute Gasteiger partial charge is 0.506 e. The third-order valence-electron chi connectivity index (χ3n) is 2.23. The van der Waals surface area contributed by atoms with E-state index in [2.05, 4.69) is 10.2 Å². The molecule has 0 aromatic heterocycles. The average molecular weight is 228 g/mol. The smallest absolute Gasteiger partial charge is 0.143 e. The van der Waals surface area contributed by atoms with Crippen LogP contribution in [0.1, 0.15) is 0 Å². The fourth-order valence-electron chi connectivity index (χ4n) is 1.31. The zero-order valence-corrected chi connectivity index (χ0v) is 9.37. The fourth-order valence-corrected chi connectivity index (χ4v) is 1.31. The van der Waals surface area contributed by atoms with Gasteiger partial charge in [0.05, 0.1) is 12.8 Å². The van der Waals surface area contributed by atoms with Crippen LogP contribution in [0.4, 0.5) is 11.4 Å². The Labute approximate surface area is 99.2 Å². The van der Waals surface area contributed by atoms with Crippen molar-refractivity contribution in [2.45, 2.75) is 0 Å². The first-order valence-corrected chi connectivity index (χ1v) is 5.13. The van der Waals surface area contributed by atoms with Crippen molar-refractivity contribution in [1.29, 1.82) is 0 Å². The maximum atomic E-state index is 9.50. The second-order valence-electron chi connectivity index (χ2n) is 3.39. The highest BCUT2D eigenvalue weighted by atomic mass is 16.5. The highest BCUT2D eigenvalue weighted by Gasteiger charge is 1.96. The van der Waals surface area contributed by atoms with Gasteiger partial charge in [-0.3, -0.25) is 0 Å². The normalized spacial score (nSPS) is 10.6. The number of phenols is 1. The molecule has 0 aliphatic carbocycles. The number of rotatable bonds is 3. The lowest BCUT2D eigenvalue weighted by Crippen LogP contribution is -1.79. The first-order chi connectivity index (χ1) is 8.29. The van der Waals surface area contributed by atoms with E-state index in [0.29, 0.717) is 11.4 Å². The summed E-state index contributed by atoms with van der Waals surface area (Å²) in [7, 11) is 1.61. The van der Waals surface area contributed by atoms with Gasteiger partial charge in [-0.2, -0.15) is 5.11 Å². The second kappa shape index (κ2) is 5.12. The van der Waals surface area contributed by atoms with Crippen molar-refractivity contribution >= 4 is 11.4 Å². The summed E-state index contributed by atoms with van der Waals surface area (Å²) in [5.41, 5.74) is 1.15. The van der Waals surface area contributed by atoms with Crippen molar-refractivity contribution in [1.82, 2.24) is 0 Å². The van der Waals surface area contributed by atoms with Gasteiger partial charge in [-0.25, -0.2) is 0 Å². The number of hydrogen-bond acceptors (Lipinski definition) is 4. The van der Waals surface area contributed by atoms with Gasteiger partial charge in [0.15, 0.2) is 0 Å². The number of aromatic hydroxyl groups is 1. The van der Waals surface area contributed by atoms with Gasteiger partial charge in [-0.15, -0.1) is 5.11 Å². The van der Waals surface area contributed by atoms with Crippen molar-refractivity contribution in [3.05, 3.63) is 48.5 Å². The third kappa shape index (κ3) is 2.81. The minimum atomic E-state index is 0.116. The highest BCUT2D eigenvalue weighted by molar-refractivity contribution is 5.50. The van der Waals surface area contributed by atoms with Crippen molar-refractivity contribution in [3.63, 3.8) is 0 Å². The zero-order valence-electron chi connectivity index (χ0n) is 9.37. The van der Waals surface area contributed by atoms with Gasteiger partial charge in [0.25, 0.3) is 0 Å². The summed E-state index contributed by atoms with van der Waals surface area (Å²) in [4.78, 5) is 0. The summed E-state index contributed by atoms with van der Waals surface area (Å²) in [5.74, 6) is 0.885. The molecule has 0 aliphatic heterocycles. The monoisotopic (exact) mass is 228 g/mol. The molecule has 4 heteroatoms. The molecule has 0 fully saturated rings. The predicted octanol–water partition coefficient (Wildman–Crippen LogP) is 3.82. The molecule has 0 aliphatic rings. The van der Waals surface area contributed by atoms with E-state index in [1.54, 1.807) is 55.6 Å². The van der Waals surface area contributed by atoms with Crippen LogP contribution in [0.2, 0.25) is 0 Å². The number of methoxy groups -OCH3 is 1. The molecule has 0 heterocycles. The molecule has 0 spiro atoms. The standard InChI is InChI=1S/C13H12N2O2/c1-17-11-8-6-10(7-9-11)14-15-12-4-2-3-5-13(12)16/h2-9,16H,1H3. The van der Waals surface area contributed by atoms with Gasteiger partial charge in [-0.05, 0) is 36.4 Å². The summed E-state index contributed by atoms with van der Waals surface area (Å²) < 4.78 is 5.04. The molecule has 2 rings (SSSR count). The van der Waals surface area contributed by atoms with E-state index in [-0.39, 0.29) is 5.75 Å². The molecule has 2 aromatic carbocycles. The lowest BCUT2D eigenvalue weighted by atomic mass is 10.3. The number of azo groups is 1. The summed E-state index contributed by atoms with van der Waals surface area (Å²) in [6.45, 7) is 0. The van der Waals surface area contributed by atoms with Gasteiger partial charge in [0.1, 0.15) is 17.2 Å². The lowest BCUT2D eigenvalue weighted by molar-refractivity contribution is 0.415. The van der Waals surface area contributed by atoms with Crippen LogP contribution in [-0.4, -0.2) is 12.2 Å². The Morgan fingerprint density at radius 1 is 0.941 bits per heavy atom. The summed E-state index contributed by atoms with van der Waals surface area (Å²) in [5, 5.41) is 17.5. The Bertz CT molecular complexity index is 521. The predicted molar refractivity (Wildman–Crippen MR) is 65.3 cm³/mol. The molecule has 0 saturated carbocycles. The maximum Gasteiger partial charge on any atom is 0.143 e. The molecule has 1 N–H and O–H groups in total. The zero-order chi connectivity index (χ0) is 12.1. The second-order valence-corrected chi connectivity index (χ2v) is 3.39. The van der Waals surface area contributed by atoms with Crippen LogP contribution in [-0.2, 0) is 0 Å². The van der Waals surface area contributed by atoms with Crippen LogP contribution in [0.3, 0.4) is 0 Å². The summed E-state index contributed by atoms with van der Waals surface area (Å²) >= 11 is 0.